The maximum absolute atomic E-state index is 6.69. The topological polar surface area (TPSA) is 13.1 Å². The van der Waals surface area contributed by atoms with Gasteiger partial charge in [0.2, 0.25) is 0 Å². The van der Waals surface area contributed by atoms with Crippen LogP contribution in [0.15, 0.2) is 136 Å². The summed E-state index contributed by atoms with van der Waals surface area (Å²) >= 11 is 6.64. The molecule has 0 saturated heterocycles. The van der Waals surface area contributed by atoms with Crippen molar-refractivity contribution < 1.29 is 4.42 Å². The van der Waals surface area contributed by atoms with Crippen LogP contribution >= 0.6 is 11.6 Å². The highest BCUT2D eigenvalue weighted by Crippen LogP contribution is 2.55. The maximum atomic E-state index is 6.69. The minimum atomic E-state index is -0.587. The van der Waals surface area contributed by atoms with Gasteiger partial charge < -0.3 is 4.42 Å². The highest BCUT2D eigenvalue weighted by atomic mass is 35.5. The minimum absolute atomic E-state index is 0.113. The van der Waals surface area contributed by atoms with Gasteiger partial charge in [-0.15, -0.1) is 11.9 Å². The highest BCUT2D eigenvalue weighted by Gasteiger charge is 2.44. The van der Waals surface area contributed by atoms with Crippen LogP contribution in [0.3, 0.4) is 0 Å². The fourth-order valence-electron chi connectivity index (χ4n) is 6.53. The molecule has 1 aromatic heterocycles. The Balaban J connectivity index is 1.44. The summed E-state index contributed by atoms with van der Waals surface area (Å²) in [7, 11) is 19.1. The molecule has 1 aliphatic rings. The van der Waals surface area contributed by atoms with Gasteiger partial charge in [-0.1, -0.05) is 126 Å². The normalized spacial score (nSPS) is 17.9. The van der Waals surface area contributed by atoms with Gasteiger partial charge in [-0.05, 0) is 58.0 Å². The first-order valence-electron chi connectivity index (χ1n) is 14.0. The van der Waals surface area contributed by atoms with E-state index in [9.17, 15) is 0 Å². The number of rotatable bonds is 4. The van der Waals surface area contributed by atoms with Crippen molar-refractivity contribution in [3.8, 4) is 23.5 Å². The van der Waals surface area contributed by atoms with Crippen LogP contribution in [0.5, 0.6) is 0 Å². The van der Waals surface area contributed by atoms with Crippen LogP contribution in [-0.4, -0.2) is 23.5 Å². The molecule has 6 radical (unpaired) electrons. The molecule has 6 aromatic rings. The lowest BCUT2D eigenvalue weighted by molar-refractivity contribution is 0.661. The largest absolute Gasteiger partial charge is 0.455 e. The van der Waals surface area contributed by atoms with E-state index in [1.807, 2.05) is 54.6 Å². The summed E-state index contributed by atoms with van der Waals surface area (Å²) in [5.74, 6) is 2.42. The van der Waals surface area contributed by atoms with Gasteiger partial charge in [0.15, 0.2) is 0 Å². The Labute approximate surface area is 260 Å². The van der Waals surface area contributed by atoms with Gasteiger partial charge >= 0.3 is 0 Å². The predicted octanol–water partition coefficient (Wildman–Crippen LogP) is 8.71. The van der Waals surface area contributed by atoms with Gasteiger partial charge in [-0.2, -0.15) is 0 Å². The van der Waals surface area contributed by atoms with Crippen LogP contribution < -0.4 is 0 Å². The first-order chi connectivity index (χ1) is 20.9. The molecule has 0 aliphatic heterocycles. The Kier molecular flexibility index (Phi) is 6.73. The Morgan fingerprint density at radius 2 is 1.44 bits per heavy atom. The molecular weight excluding hydrogens is 540 g/mol. The quantitative estimate of drug-likeness (QED) is 0.155. The number of hydrogen-bond donors (Lipinski definition) is 0. The molecule has 5 aromatic carbocycles. The number of allylic oxidation sites excluding steroid dienone is 4. The van der Waals surface area contributed by atoms with Crippen molar-refractivity contribution in [2.24, 2.45) is 0 Å². The third kappa shape index (κ3) is 4.31. The van der Waals surface area contributed by atoms with E-state index < -0.39 is 5.41 Å². The fourth-order valence-corrected chi connectivity index (χ4v) is 6.70. The number of terminal acetylenes is 1. The zero-order chi connectivity index (χ0) is 29.7. The van der Waals surface area contributed by atoms with Crippen LogP contribution in [0.25, 0.3) is 38.6 Å². The van der Waals surface area contributed by atoms with Crippen LogP contribution in [0.2, 0.25) is 5.02 Å². The molecule has 0 spiro atoms. The van der Waals surface area contributed by atoms with E-state index >= 15 is 0 Å². The zero-order valence-electron chi connectivity index (χ0n) is 23.3. The second-order valence-electron chi connectivity index (χ2n) is 10.9. The number of benzene rings is 5. The standard InChI is InChI=1S/C38H22B3ClO/c1-2-33(39)36(41)35(40)31-22-38(24-9-4-3-5-10-24,32-21-26(42)19-20-28(31)32)25-17-15-23(16-18-25)27-12-8-13-30-29-11-6-7-14-34(29)43-37(27)30/h1,3-21H,22H2/b35-31-,36-33-. The van der Waals surface area contributed by atoms with Gasteiger partial charge in [-0.25, -0.2) is 0 Å². The van der Waals surface area contributed by atoms with E-state index in [-0.39, 0.29) is 10.9 Å². The first kappa shape index (κ1) is 27.3. The number of hydrogen-bond acceptors (Lipinski definition) is 1. The average Bonchev–Trinajstić information content (AvgIpc) is 3.61. The number of para-hydroxylation sites is 2. The third-order valence-corrected chi connectivity index (χ3v) is 8.86. The molecule has 1 unspecified atom stereocenters. The van der Waals surface area contributed by atoms with E-state index in [0.29, 0.717) is 16.9 Å². The molecule has 0 bridgehead atoms. The first-order valence-corrected chi connectivity index (χ1v) is 14.4. The minimum Gasteiger partial charge on any atom is -0.455 e. The summed E-state index contributed by atoms with van der Waals surface area (Å²) in [6.07, 6.45) is 6.11. The van der Waals surface area contributed by atoms with Crippen LogP contribution in [0.1, 0.15) is 28.7 Å². The summed E-state index contributed by atoms with van der Waals surface area (Å²) < 4.78 is 6.33. The summed E-state index contributed by atoms with van der Waals surface area (Å²) in [6.45, 7) is 0. The molecule has 7 rings (SSSR count). The van der Waals surface area contributed by atoms with E-state index in [4.69, 9.17) is 46.0 Å². The van der Waals surface area contributed by atoms with Gasteiger partial charge in [0.05, 0.1) is 0 Å². The second kappa shape index (κ2) is 10.6. The lowest BCUT2D eigenvalue weighted by Gasteiger charge is -2.32. The molecule has 1 heterocycles. The molecule has 0 N–H and O–H groups in total. The Bertz CT molecular complexity index is 2150. The zero-order valence-corrected chi connectivity index (χ0v) is 24.0. The molecule has 1 aliphatic carbocycles. The number of fused-ring (bicyclic) bond motifs is 4. The van der Waals surface area contributed by atoms with Crippen LogP contribution in [-0.2, 0) is 5.41 Å². The lowest BCUT2D eigenvalue weighted by Crippen LogP contribution is -2.26. The Morgan fingerprint density at radius 1 is 0.744 bits per heavy atom. The lowest BCUT2D eigenvalue weighted by atomic mass is 9.66. The van der Waals surface area contributed by atoms with Gasteiger partial charge in [0.1, 0.15) is 34.7 Å². The van der Waals surface area contributed by atoms with Crippen molar-refractivity contribution in [3.63, 3.8) is 0 Å². The van der Waals surface area contributed by atoms with E-state index in [2.05, 4.69) is 66.6 Å². The van der Waals surface area contributed by atoms with Crippen molar-refractivity contribution >= 4 is 62.7 Å². The fraction of sp³-hybridized carbons (Fsp3) is 0.0526. The molecule has 43 heavy (non-hydrogen) atoms. The van der Waals surface area contributed by atoms with Crippen molar-refractivity contribution in [3.05, 3.63) is 159 Å². The van der Waals surface area contributed by atoms with Gasteiger partial charge in [0.25, 0.3) is 0 Å². The Morgan fingerprint density at radius 3 is 2.21 bits per heavy atom. The van der Waals surface area contributed by atoms with Gasteiger partial charge in [0, 0.05) is 26.8 Å². The number of halogens is 1. The van der Waals surface area contributed by atoms with Gasteiger partial charge in [-0.3, -0.25) is 0 Å². The molecule has 5 heteroatoms. The molecule has 0 amide bonds. The summed E-state index contributed by atoms with van der Waals surface area (Å²) in [5.41, 5.74) is 9.05. The maximum Gasteiger partial charge on any atom is 0.143 e. The molecule has 0 fully saturated rings. The second-order valence-corrected chi connectivity index (χ2v) is 11.3. The highest BCUT2D eigenvalue weighted by molar-refractivity contribution is 6.43. The van der Waals surface area contributed by atoms with E-state index in [0.717, 1.165) is 60.9 Å². The summed E-state index contributed by atoms with van der Waals surface area (Å²) in [4.78, 5) is 0. The van der Waals surface area contributed by atoms with Crippen molar-refractivity contribution in [1.29, 1.82) is 0 Å². The van der Waals surface area contributed by atoms with E-state index in [1.54, 1.807) is 0 Å². The number of furan rings is 1. The molecular formula is C38H22B3ClO. The molecule has 1 nitrogen and oxygen atoms in total. The van der Waals surface area contributed by atoms with Crippen LogP contribution in [0, 0.1) is 12.3 Å². The van der Waals surface area contributed by atoms with Crippen LogP contribution in [0.4, 0.5) is 0 Å². The molecule has 0 saturated carbocycles. The summed E-state index contributed by atoms with van der Waals surface area (Å²) in [5, 5.41) is 2.84. The van der Waals surface area contributed by atoms with Crippen molar-refractivity contribution in [1.82, 2.24) is 0 Å². The molecule has 1 atom stereocenters. The monoisotopic (exact) mass is 562 g/mol. The van der Waals surface area contributed by atoms with E-state index in [1.165, 1.54) is 0 Å². The SMILES string of the molecule is [B]/C(C#C)=C([B])/C([B])=C1\CC(c2ccccc2)(c2ccc(-c3cccc4c3oc3ccccc34)cc2)c2cc(Cl)ccc21. The third-order valence-electron chi connectivity index (χ3n) is 8.63. The summed E-state index contributed by atoms with van der Waals surface area (Å²) in [6, 6.07) is 39.4. The molecule has 196 valence electrons. The smallest absolute Gasteiger partial charge is 0.143 e. The van der Waals surface area contributed by atoms with Crippen molar-refractivity contribution in [2.45, 2.75) is 11.8 Å². The average molecular weight is 562 g/mol. The predicted molar refractivity (Wildman–Crippen MR) is 182 cm³/mol. The van der Waals surface area contributed by atoms with Crippen molar-refractivity contribution in [2.75, 3.05) is 0 Å². The Hall–Kier alpha value is -4.58.